The maximum absolute atomic E-state index is 4.79. The molecule has 0 radical (unpaired) electrons. The summed E-state index contributed by atoms with van der Waals surface area (Å²) in [7, 11) is 2.20. The molecule has 0 saturated carbocycles. The van der Waals surface area contributed by atoms with Crippen molar-refractivity contribution in [1.82, 2.24) is 25.4 Å². The van der Waals surface area contributed by atoms with Crippen molar-refractivity contribution in [3.05, 3.63) is 15.6 Å². The summed E-state index contributed by atoms with van der Waals surface area (Å²) in [5, 5.41) is 8.00. The van der Waals surface area contributed by atoms with Gasteiger partial charge in [-0.1, -0.05) is 6.92 Å². The smallest absolute Gasteiger partial charge is 0.191 e. The van der Waals surface area contributed by atoms with Crippen molar-refractivity contribution in [3.63, 3.8) is 0 Å². The minimum absolute atomic E-state index is 0. The second kappa shape index (κ2) is 12.9. The number of thiazole rings is 1. The van der Waals surface area contributed by atoms with Gasteiger partial charge in [-0.2, -0.15) is 0 Å². The number of likely N-dealkylation sites (N-methyl/N-ethyl adjacent to an activating group) is 1. The molecule has 0 amide bonds. The highest BCUT2D eigenvalue weighted by Crippen LogP contribution is 2.16. The third kappa shape index (κ3) is 9.06. The van der Waals surface area contributed by atoms with Gasteiger partial charge in [0.25, 0.3) is 0 Å². The monoisotopic (exact) mass is 508 g/mol. The molecule has 156 valence electrons. The van der Waals surface area contributed by atoms with Gasteiger partial charge in [-0.15, -0.1) is 35.3 Å². The van der Waals surface area contributed by atoms with Crippen molar-refractivity contribution in [2.75, 3.05) is 59.4 Å². The molecule has 0 aromatic carbocycles. The fourth-order valence-electron chi connectivity index (χ4n) is 3.05. The van der Waals surface area contributed by atoms with Crippen molar-refractivity contribution in [3.8, 4) is 0 Å². The Hall–Kier alpha value is -0.450. The molecule has 1 fully saturated rings. The number of halogens is 1. The lowest BCUT2D eigenvalue weighted by Gasteiger charge is -2.33. The molecule has 1 aromatic rings. The number of aromatic nitrogens is 1. The number of nitrogens with zero attached hydrogens (tertiary/aromatic N) is 4. The summed E-state index contributed by atoms with van der Waals surface area (Å²) < 4.78 is 0. The van der Waals surface area contributed by atoms with Crippen LogP contribution in [-0.4, -0.2) is 80.1 Å². The van der Waals surface area contributed by atoms with E-state index in [9.17, 15) is 0 Å². The summed E-state index contributed by atoms with van der Waals surface area (Å²) in [5.74, 6) is 1.49. The molecule has 8 heteroatoms. The number of hydrogen-bond acceptors (Lipinski definition) is 5. The van der Waals surface area contributed by atoms with Gasteiger partial charge in [0, 0.05) is 63.7 Å². The molecule has 0 aliphatic carbocycles. The predicted molar refractivity (Wildman–Crippen MR) is 128 cm³/mol. The molecule has 1 unspecified atom stereocenters. The van der Waals surface area contributed by atoms with Crippen molar-refractivity contribution in [2.24, 2.45) is 10.9 Å². The summed E-state index contributed by atoms with van der Waals surface area (Å²) >= 11 is 1.80. The highest BCUT2D eigenvalue weighted by molar-refractivity contribution is 14.0. The van der Waals surface area contributed by atoms with Crippen LogP contribution in [0, 0.1) is 19.8 Å². The lowest BCUT2D eigenvalue weighted by molar-refractivity contribution is 0.140. The number of nitrogens with one attached hydrogen (secondary N) is 2. The van der Waals surface area contributed by atoms with Gasteiger partial charge in [0.15, 0.2) is 5.96 Å². The molecular formula is C19H37IN6S. The molecular weight excluding hydrogens is 471 g/mol. The van der Waals surface area contributed by atoms with Gasteiger partial charge in [-0.05, 0) is 33.7 Å². The zero-order valence-electron chi connectivity index (χ0n) is 17.5. The zero-order chi connectivity index (χ0) is 18.9. The normalized spacial score (nSPS) is 17.4. The number of aryl methyl sites for hydroxylation is 2. The lowest BCUT2D eigenvalue weighted by atomic mass is 10.1. The molecule has 2 rings (SSSR count). The number of aliphatic imine (C=N–C) groups is 1. The minimum atomic E-state index is 0. The van der Waals surface area contributed by atoms with Crippen LogP contribution in [0.5, 0.6) is 0 Å². The molecule has 1 atom stereocenters. The van der Waals surface area contributed by atoms with E-state index in [0.29, 0.717) is 5.92 Å². The fourth-order valence-corrected chi connectivity index (χ4v) is 3.99. The number of guanidine groups is 1. The topological polar surface area (TPSA) is 55.8 Å². The molecule has 2 heterocycles. The first-order valence-electron chi connectivity index (χ1n) is 9.84. The van der Waals surface area contributed by atoms with E-state index in [2.05, 4.69) is 60.2 Å². The van der Waals surface area contributed by atoms with Gasteiger partial charge in [0.05, 0.1) is 10.7 Å². The van der Waals surface area contributed by atoms with E-state index >= 15 is 0 Å². The van der Waals surface area contributed by atoms with Crippen LogP contribution in [0.25, 0.3) is 0 Å². The third-order valence-electron chi connectivity index (χ3n) is 4.78. The molecule has 1 saturated heterocycles. The largest absolute Gasteiger partial charge is 0.357 e. The van der Waals surface area contributed by atoms with Gasteiger partial charge >= 0.3 is 0 Å². The third-order valence-corrected chi connectivity index (χ3v) is 5.91. The summed E-state index contributed by atoms with van der Waals surface area (Å²) in [6.07, 6.45) is 0.945. The molecule has 27 heavy (non-hydrogen) atoms. The average Bonchev–Trinajstić information content (AvgIpc) is 2.92. The van der Waals surface area contributed by atoms with Gasteiger partial charge in [0.2, 0.25) is 0 Å². The molecule has 1 aromatic heterocycles. The Morgan fingerprint density at radius 2 is 1.93 bits per heavy atom. The van der Waals surface area contributed by atoms with Crippen molar-refractivity contribution in [1.29, 1.82) is 0 Å². The molecule has 0 bridgehead atoms. The Bertz CT molecular complexity index is 549. The fraction of sp³-hybridized carbons (Fsp3) is 0.789. The molecule has 1 aliphatic rings. The number of piperazine rings is 1. The molecule has 1 aliphatic heterocycles. The van der Waals surface area contributed by atoms with E-state index in [1.807, 2.05) is 0 Å². The van der Waals surface area contributed by atoms with E-state index in [1.165, 1.54) is 36.1 Å². The Balaban J connectivity index is 0.00000364. The second-order valence-corrected chi connectivity index (χ2v) is 8.64. The van der Waals surface area contributed by atoms with E-state index in [0.717, 1.165) is 44.3 Å². The average molecular weight is 509 g/mol. The maximum Gasteiger partial charge on any atom is 0.191 e. The Morgan fingerprint density at radius 1 is 1.22 bits per heavy atom. The number of rotatable bonds is 8. The standard InChI is InChI=1S/C19H36N6S.HI/c1-6-20-19(21-8-7-18-23-16(3)17(4)26-18)22-13-15(2)14-25-11-9-24(5)10-12-25;/h15H,6-14H2,1-5H3,(H2,20,21,22);1H. The Kier molecular flexibility index (Phi) is 11.7. The molecule has 0 spiro atoms. The van der Waals surface area contributed by atoms with Crippen LogP contribution < -0.4 is 10.6 Å². The summed E-state index contributed by atoms with van der Waals surface area (Å²) in [6, 6.07) is 0. The summed E-state index contributed by atoms with van der Waals surface area (Å²) in [4.78, 5) is 15.7. The number of hydrogen-bond donors (Lipinski definition) is 2. The highest BCUT2D eigenvalue weighted by Gasteiger charge is 2.16. The van der Waals surface area contributed by atoms with Crippen molar-refractivity contribution < 1.29 is 0 Å². The Morgan fingerprint density at radius 3 is 2.52 bits per heavy atom. The minimum Gasteiger partial charge on any atom is -0.357 e. The molecule has 2 N–H and O–H groups in total. The zero-order valence-corrected chi connectivity index (χ0v) is 20.7. The van der Waals surface area contributed by atoms with E-state index in [1.54, 1.807) is 11.3 Å². The first-order valence-corrected chi connectivity index (χ1v) is 10.7. The first-order chi connectivity index (χ1) is 12.5. The van der Waals surface area contributed by atoms with Crippen LogP contribution in [0.4, 0.5) is 0 Å². The van der Waals surface area contributed by atoms with Gasteiger partial charge in [-0.3, -0.25) is 4.99 Å². The van der Waals surface area contributed by atoms with E-state index < -0.39 is 0 Å². The SMILES string of the molecule is CCNC(=NCC(C)CN1CCN(C)CC1)NCCc1nc(C)c(C)s1.I. The second-order valence-electron chi connectivity index (χ2n) is 7.35. The van der Waals surface area contributed by atoms with Crippen LogP contribution >= 0.6 is 35.3 Å². The van der Waals surface area contributed by atoms with Crippen LogP contribution in [0.1, 0.15) is 29.4 Å². The van der Waals surface area contributed by atoms with Gasteiger partial charge in [-0.25, -0.2) is 4.98 Å². The lowest BCUT2D eigenvalue weighted by Crippen LogP contribution is -2.46. The predicted octanol–water partition coefficient (Wildman–Crippen LogP) is 2.36. The van der Waals surface area contributed by atoms with E-state index in [4.69, 9.17) is 4.99 Å². The summed E-state index contributed by atoms with van der Waals surface area (Å²) in [5.41, 5.74) is 1.16. The van der Waals surface area contributed by atoms with Gasteiger partial charge < -0.3 is 20.4 Å². The summed E-state index contributed by atoms with van der Waals surface area (Å²) in [6.45, 7) is 17.1. The molecule has 6 nitrogen and oxygen atoms in total. The van der Waals surface area contributed by atoms with Crippen LogP contribution in [-0.2, 0) is 6.42 Å². The van der Waals surface area contributed by atoms with Crippen molar-refractivity contribution in [2.45, 2.75) is 34.1 Å². The van der Waals surface area contributed by atoms with E-state index in [-0.39, 0.29) is 24.0 Å². The maximum atomic E-state index is 4.79. The van der Waals surface area contributed by atoms with Crippen LogP contribution in [0.15, 0.2) is 4.99 Å². The Labute approximate surface area is 186 Å². The van der Waals surface area contributed by atoms with Crippen LogP contribution in [0.2, 0.25) is 0 Å². The van der Waals surface area contributed by atoms with Crippen LogP contribution in [0.3, 0.4) is 0 Å². The quantitative estimate of drug-likeness (QED) is 0.321. The van der Waals surface area contributed by atoms with Crippen molar-refractivity contribution >= 4 is 41.3 Å². The van der Waals surface area contributed by atoms with Gasteiger partial charge in [0.1, 0.15) is 0 Å². The highest BCUT2D eigenvalue weighted by atomic mass is 127. The first kappa shape index (κ1) is 24.6.